The first-order valence-electron chi connectivity index (χ1n) is 7.82. The summed E-state index contributed by atoms with van der Waals surface area (Å²) in [5, 5.41) is 0. The Bertz CT molecular complexity index is 808. The fourth-order valence-corrected chi connectivity index (χ4v) is 2.63. The van der Waals surface area contributed by atoms with Gasteiger partial charge >= 0.3 is 0 Å². The van der Waals surface area contributed by atoms with E-state index in [-0.39, 0.29) is 13.2 Å². The summed E-state index contributed by atoms with van der Waals surface area (Å²) in [7, 11) is 0. The van der Waals surface area contributed by atoms with Crippen molar-refractivity contribution >= 4 is 27.7 Å². The van der Waals surface area contributed by atoms with Crippen molar-refractivity contribution in [1.82, 2.24) is 10.9 Å². The van der Waals surface area contributed by atoms with E-state index >= 15 is 0 Å². The summed E-state index contributed by atoms with van der Waals surface area (Å²) in [6.07, 6.45) is 1.58. The highest BCUT2D eigenvalue weighted by Crippen LogP contribution is 2.25. The summed E-state index contributed by atoms with van der Waals surface area (Å²) >= 11 is 3.37. The van der Waals surface area contributed by atoms with Crippen LogP contribution in [0.25, 0.3) is 0 Å². The predicted molar refractivity (Wildman–Crippen MR) is 102 cm³/mol. The maximum Gasteiger partial charge on any atom is 0.276 e. The molecule has 0 saturated heterocycles. The minimum absolute atomic E-state index is 0.240. The molecule has 0 aliphatic carbocycles. The van der Waals surface area contributed by atoms with Crippen molar-refractivity contribution in [3.8, 4) is 11.5 Å². The highest BCUT2D eigenvalue weighted by molar-refractivity contribution is 9.10. The molecule has 0 aliphatic heterocycles. The summed E-state index contributed by atoms with van der Waals surface area (Å²) in [5.41, 5.74) is 6.02. The van der Waals surface area contributed by atoms with Gasteiger partial charge in [0.2, 0.25) is 0 Å². The van der Waals surface area contributed by atoms with Crippen LogP contribution in [0.4, 0.5) is 0 Å². The van der Waals surface area contributed by atoms with Crippen molar-refractivity contribution in [2.24, 2.45) is 0 Å². The summed E-state index contributed by atoms with van der Waals surface area (Å²) < 4.78 is 11.6. The molecule has 2 aromatic rings. The molecule has 0 bridgehead atoms. The second-order valence-corrected chi connectivity index (χ2v) is 6.18. The lowest BCUT2D eigenvalue weighted by molar-refractivity contribution is -0.123. The molecule has 0 unspecified atom stereocenters. The molecule has 0 aromatic heterocycles. The fourth-order valence-electron chi connectivity index (χ4n) is 2.02. The largest absolute Gasteiger partial charge is 0.489 e. The Morgan fingerprint density at radius 2 is 1.88 bits per heavy atom. The number of hydrogen-bond acceptors (Lipinski definition) is 4. The number of hydrogen-bond donors (Lipinski definition) is 2. The molecule has 0 spiro atoms. The molecule has 2 rings (SSSR count). The van der Waals surface area contributed by atoms with Crippen LogP contribution >= 0.6 is 15.9 Å². The number of carbonyl (C=O) groups is 2. The van der Waals surface area contributed by atoms with Crippen LogP contribution < -0.4 is 20.3 Å². The summed E-state index contributed by atoms with van der Waals surface area (Å²) in [5.74, 6) is -0.0379. The second-order valence-electron chi connectivity index (χ2n) is 5.32. The van der Waals surface area contributed by atoms with Crippen molar-refractivity contribution in [3.63, 3.8) is 0 Å². The van der Waals surface area contributed by atoms with Crippen LogP contribution in [-0.2, 0) is 4.79 Å². The zero-order chi connectivity index (χ0) is 18.9. The topological polar surface area (TPSA) is 76.7 Å². The third-order valence-electron chi connectivity index (χ3n) is 3.25. The molecule has 0 atom stereocenters. The van der Waals surface area contributed by atoms with Gasteiger partial charge in [-0.05, 0) is 52.7 Å². The summed E-state index contributed by atoms with van der Waals surface area (Å²) in [6.45, 7) is 5.55. The van der Waals surface area contributed by atoms with Crippen molar-refractivity contribution < 1.29 is 19.1 Å². The summed E-state index contributed by atoms with van der Waals surface area (Å²) in [6, 6.07) is 12.2. The zero-order valence-corrected chi connectivity index (χ0v) is 15.8. The normalized spacial score (nSPS) is 9.92. The predicted octanol–water partition coefficient (Wildman–Crippen LogP) is 3.16. The van der Waals surface area contributed by atoms with E-state index in [4.69, 9.17) is 9.47 Å². The Kier molecular flexibility index (Phi) is 7.23. The van der Waals surface area contributed by atoms with Gasteiger partial charge in [-0.3, -0.25) is 20.4 Å². The quantitative estimate of drug-likeness (QED) is 0.534. The molecule has 2 aromatic carbocycles. The third kappa shape index (κ3) is 5.63. The van der Waals surface area contributed by atoms with E-state index in [2.05, 4.69) is 33.4 Å². The molecule has 2 N–H and O–H groups in total. The zero-order valence-electron chi connectivity index (χ0n) is 14.3. The fraction of sp³-hybridized carbons (Fsp3) is 0.158. The second kappa shape index (κ2) is 9.62. The first-order valence-corrected chi connectivity index (χ1v) is 8.61. The Morgan fingerprint density at radius 3 is 2.62 bits per heavy atom. The first kappa shape index (κ1) is 19.5. The highest BCUT2D eigenvalue weighted by atomic mass is 79.9. The molecule has 2 amide bonds. The highest BCUT2D eigenvalue weighted by Gasteiger charge is 2.13. The molecular formula is C19H19BrN2O4. The molecule has 0 radical (unpaired) electrons. The van der Waals surface area contributed by atoms with Crippen molar-refractivity contribution in [2.45, 2.75) is 6.92 Å². The van der Waals surface area contributed by atoms with E-state index in [1.165, 1.54) is 0 Å². The number of aryl methyl sites for hydroxylation is 1. The number of para-hydroxylation sites is 1. The Morgan fingerprint density at radius 1 is 1.12 bits per heavy atom. The van der Waals surface area contributed by atoms with Crippen LogP contribution in [0.1, 0.15) is 15.9 Å². The van der Waals surface area contributed by atoms with Gasteiger partial charge in [0.25, 0.3) is 11.8 Å². The molecule has 0 saturated carbocycles. The van der Waals surface area contributed by atoms with E-state index in [9.17, 15) is 9.59 Å². The molecule has 0 heterocycles. The molecular weight excluding hydrogens is 400 g/mol. The number of benzene rings is 2. The van der Waals surface area contributed by atoms with Crippen LogP contribution in [0, 0.1) is 6.92 Å². The van der Waals surface area contributed by atoms with Gasteiger partial charge in [0.15, 0.2) is 6.61 Å². The standard InChI is InChI=1S/C19H19BrN2O4/c1-3-10-25-16-7-5-4-6-14(16)19(24)22-21-18(23)12-26-17-9-8-13(2)11-15(17)20/h3-9,11H,1,10,12H2,2H3,(H,21,23)(H,22,24). The lowest BCUT2D eigenvalue weighted by atomic mass is 10.2. The van der Waals surface area contributed by atoms with Gasteiger partial charge in [-0.25, -0.2) is 0 Å². The minimum Gasteiger partial charge on any atom is -0.489 e. The van der Waals surface area contributed by atoms with E-state index in [1.807, 2.05) is 19.1 Å². The lowest BCUT2D eigenvalue weighted by Gasteiger charge is -2.12. The van der Waals surface area contributed by atoms with E-state index in [0.717, 1.165) is 10.0 Å². The summed E-state index contributed by atoms with van der Waals surface area (Å²) in [4.78, 5) is 24.1. The van der Waals surface area contributed by atoms with E-state index < -0.39 is 11.8 Å². The van der Waals surface area contributed by atoms with Gasteiger partial charge in [-0.2, -0.15) is 0 Å². The van der Waals surface area contributed by atoms with Gasteiger partial charge < -0.3 is 9.47 Å². The number of carbonyl (C=O) groups excluding carboxylic acids is 2. The molecule has 136 valence electrons. The van der Waals surface area contributed by atoms with Gasteiger partial charge in [-0.15, -0.1) is 0 Å². The molecule has 0 fully saturated rings. The van der Waals surface area contributed by atoms with Crippen molar-refractivity contribution in [2.75, 3.05) is 13.2 Å². The number of ether oxygens (including phenoxy) is 2. The average molecular weight is 419 g/mol. The molecule has 0 aliphatic rings. The monoisotopic (exact) mass is 418 g/mol. The van der Waals surface area contributed by atoms with Crippen LogP contribution in [0.5, 0.6) is 11.5 Å². The smallest absolute Gasteiger partial charge is 0.276 e. The van der Waals surface area contributed by atoms with E-state index in [0.29, 0.717) is 17.1 Å². The maximum absolute atomic E-state index is 12.2. The van der Waals surface area contributed by atoms with E-state index in [1.54, 1.807) is 36.4 Å². The van der Waals surface area contributed by atoms with Gasteiger partial charge in [0, 0.05) is 0 Å². The van der Waals surface area contributed by atoms with Crippen LogP contribution in [0.15, 0.2) is 59.6 Å². The Balaban J connectivity index is 1.87. The minimum atomic E-state index is -0.491. The van der Waals surface area contributed by atoms with Gasteiger partial charge in [-0.1, -0.05) is 30.9 Å². The molecule has 7 heteroatoms. The Hall–Kier alpha value is -2.80. The first-order chi connectivity index (χ1) is 12.5. The Labute approximate surface area is 160 Å². The third-order valence-corrected chi connectivity index (χ3v) is 3.87. The SMILES string of the molecule is C=CCOc1ccccc1C(=O)NNC(=O)COc1ccc(C)cc1Br. The van der Waals surface area contributed by atoms with Crippen LogP contribution in [0.3, 0.4) is 0 Å². The van der Waals surface area contributed by atoms with Gasteiger partial charge in [0.05, 0.1) is 10.0 Å². The number of rotatable bonds is 7. The number of amides is 2. The number of halogens is 1. The molecule has 6 nitrogen and oxygen atoms in total. The van der Waals surface area contributed by atoms with Crippen molar-refractivity contribution in [3.05, 3.63) is 70.7 Å². The van der Waals surface area contributed by atoms with Gasteiger partial charge in [0.1, 0.15) is 18.1 Å². The molecule has 26 heavy (non-hydrogen) atoms. The van der Waals surface area contributed by atoms with Crippen molar-refractivity contribution in [1.29, 1.82) is 0 Å². The van der Waals surface area contributed by atoms with Crippen LogP contribution in [-0.4, -0.2) is 25.0 Å². The average Bonchev–Trinajstić information content (AvgIpc) is 2.64. The number of hydrazine groups is 1. The lowest BCUT2D eigenvalue weighted by Crippen LogP contribution is -2.43. The number of nitrogens with one attached hydrogen (secondary N) is 2. The maximum atomic E-state index is 12.2. The van der Waals surface area contributed by atoms with Crippen LogP contribution in [0.2, 0.25) is 0 Å².